The van der Waals surface area contributed by atoms with E-state index < -0.39 is 10.0 Å². The summed E-state index contributed by atoms with van der Waals surface area (Å²) < 4.78 is 39.0. The fraction of sp³-hybridized carbons (Fsp3) is 0.522. The molecule has 0 spiro atoms. The Labute approximate surface area is 193 Å². The molecule has 32 heavy (non-hydrogen) atoms. The van der Waals surface area contributed by atoms with Crippen molar-refractivity contribution in [2.45, 2.75) is 43.2 Å². The van der Waals surface area contributed by atoms with E-state index >= 15 is 0 Å². The second-order valence-corrected chi connectivity index (χ2v) is 12.5. The number of hydrogen-bond acceptors (Lipinski definition) is 6. The Balaban J connectivity index is 1.39. The van der Waals surface area contributed by atoms with Crippen molar-refractivity contribution in [3.05, 3.63) is 40.8 Å². The Bertz CT molecular complexity index is 1090. The van der Waals surface area contributed by atoms with Crippen molar-refractivity contribution in [2.24, 2.45) is 5.92 Å². The number of aryl methyl sites for hydroxylation is 1. The number of carbonyl (C=O) groups is 1. The van der Waals surface area contributed by atoms with Crippen LogP contribution >= 0.6 is 11.3 Å². The highest BCUT2D eigenvalue weighted by Crippen LogP contribution is 2.35. The summed E-state index contributed by atoms with van der Waals surface area (Å²) in [6.45, 7) is 8.20. The van der Waals surface area contributed by atoms with Crippen molar-refractivity contribution in [2.75, 3.05) is 32.8 Å². The Hall–Kier alpha value is -2.10. The van der Waals surface area contributed by atoms with E-state index in [4.69, 9.17) is 9.47 Å². The van der Waals surface area contributed by atoms with E-state index in [1.807, 2.05) is 31.2 Å². The molecule has 174 valence electrons. The van der Waals surface area contributed by atoms with E-state index in [1.165, 1.54) is 15.6 Å². The molecule has 0 radical (unpaired) electrons. The number of fused-ring (bicyclic) bond motifs is 1. The van der Waals surface area contributed by atoms with Gasteiger partial charge in [-0.3, -0.25) is 4.79 Å². The molecule has 0 saturated carbocycles. The molecule has 1 atom stereocenters. The summed E-state index contributed by atoms with van der Waals surface area (Å²) in [6.07, 6.45) is 1.36. The molecular weight excluding hydrogens is 448 g/mol. The number of sulfonamides is 1. The number of piperidine rings is 1. The molecule has 1 N–H and O–H groups in total. The van der Waals surface area contributed by atoms with E-state index in [0.29, 0.717) is 43.4 Å². The summed E-state index contributed by atoms with van der Waals surface area (Å²) in [6, 6.07) is 9.33. The van der Waals surface area contributed by atoms with Gasteiger partial charge < -0.3 is 14.8 Å². The molecule has 1 saturated heterocycles. The molecule has 1 aromatic heterocycles. The second-order valence-electron chi connectivity index (χ2n) is 9.03. The van der Waals surface area contributed by atoms with Crippen molar-refractivity contribution >= 4 is 27.3 Å². The van der Waals surface area contributed by atoms with Gasteiger partial charge in [0.15, 0.2) is 11.5 Å². The number of nitrogens with zero attached hydrogens (tertiary/aromatic N) is 1. The third-order valence-corrected chi connectivity index (χ3v) is 9.43. The highest BCUT2D eigenvalue weighted by molar-refractivity contribution is 7.91. The first-order valence-corrected chi connectivity index (χ1v) is 13.2. The van der Waals surface area contributed by atoms with Gasteiger partial charge in [0.25, 0.3) is 10.0 Å². The predicted molar refractivity (Wildman–Crippen MR) is 124 cm³/mol. The van der Waals surface area contributed by atoms with Gasteiger partial charge >= 0.3 is 0 Å². The van der Waals surface area contributed by atoms with Crippen LogP contribution < -0.4 is 14.8 Å². The number of amides is 1. The van der Waals surface area contributed by atoms with Crippen molar-refractivity contribution in [3.63, 3.8) is 0 Å². The van der Waals surface area contributed by atoms with Gasteiger partial charge in [-0.05, 0) is 49.6 Å². The summed E-state index contributed by atoms with van der Waals surface area (Å²) in [5, 5.41) is 3.06. The Kier molecular flexibility index (Phi) is 6.51. The van der Waals surface area contributed by atoms with Crippen LogP contribution in [0.15, 0.2) is 34.5 Å². The fourth-order valence-corrected chi connectivity index (χ4v) is 7.03. The Morgan fingerprint density at radius 2 is 1.94 bits per heavy atom. The molecular formula is C23H30N2O5S2. The lowest BCUT2D eigenvalue weighted by Crippen LogP contribution is -2.47. The highest BCUT2D eigenvalue weighted by Gasteiger charge is 2.34. The maximum Gasteiger partial charge on any atom is 0.252 e. The van der Waals surface area contributed by atoms with Crippen LogP contribution in [0.2, 0.25) is 0 Å². The van der Waals surface area contributed by atoms with Crippen LogP contribution in [0, 0.1) is 12.8 Å². The average Bonchev–Trinajstić information content (AvgIpc) is 3.24. The molecule has 9 heteroatoms. The Morgan fingerprint density at radius 1 is 1.19 bits per heavy atom. The summed E-state index contributed by atoms with van der Waals surface area (Å²) in [7, 11) is -3.56. The van der Waals surface area contributed by atoms with Crippen molar-refractivity contribution in [1.82, 2.24) is 9.62 Å². The lowest BCUT2D eigenvalue weighted by atomic mass is 9.84. The molecule has 1 aromatic carbocycles. The zero-order valence-corrected chi connectivity index (χ0v) is 20.4. The minimum Gasteiger partial charge on any atom is -0.486 e. The van der Waals surface area contributed by atoms with Gasteiger partial charge in [-0.1, -0.05) is 19.9 Å². The van der Waals surface area contributed by atoms with Gasteiger partial charge in [0.1, 0.15) is 17.4 Å². The molecule has 1 unspecified atom stereocenters. The molecule has 7 nitrogen and oxygen atoms in total. The second kappa shape index (κ2) is 9.03. The lowest BCUT2D eigenvalue weighted by Gasteiger charge is -2.32. The van der Waals surface area contributed by atoms with E-state index in [0.717, 1.165) is 21.9 Å². The van der Waals surface area contributed by atoms with Gasteiger partial charge in [0, 0.05) is 29.9 Å². The van der Waals surface area contributed by atoms with Gasteiger partial charge in [0.05, 0.1) is 5.92 Å². The highest BCUT2D eigenvalue weighted by atomic mass is 32.2. The topological polar surface area (TPSA) is 84.9 Å². The number of rotatable bonds is 6. The van der Waals surface area contributed by atoms with E-state index in [9.17, 15) is 13.2 Å². The van der Waals surface area contributed by atoms with Crippen LogP contribution in [0.1, 0.15) is 37.1 Å². The minimum absolute atomic E-state index is 0.0992. The number of ether oxygens (including phenoxy) is 2. The quantitative estimate of drug-likeness (QED) is 0.689. The van der Waals surface area contributed by atoms with Crippen molar-refractivity contribution < 1.29 is 22.7 Å². The van der Waals surface area contributed by atoms with Gasteiger partial charge in [-0.15, -0.1) is 11.3 Å². The molecule has 2 aliphatic heterocycles. The molecule has 4 rings (SSSR count). The van der Waals surface area contributed by atoms with Crippen LogP contribution in [0.5, 0.6) is 11.5 Å². The third kappa shape index (κ3) is 4.79. The predicted octanol–water partition coefficient (Wildman–Crippen LogP) is 3.32. The van der Waals surface area contributed by atoms with Crippen molar-refractivity contribution in [1.29, 1.82) is 0 Å². The first-order chi connectivity index (χ1) is 15.2. The van der Waals surface area contributed by atoms with E-state index in [1.54, 1.807) is 6.07 Å². The zero-order chi connectivity index (χ0) is 22.9. The van der Waals surface area contributed by atoms with Crippen LogP contribution in [0.25, 0.3) is 0 Å². The number of thiophene rings is 1. The molecule has 2 aliphatic rings. The summed E-state index contributed by atoms with van der Waals surface area (Å²) in [4.78, 5) is 13.9. The maximum absolute atomic E-state index is 13.0. The average molecular weight is 479 g/mol. The monoisotopic (exact) mass is 478 g/mol. The van der Waals surface area contributed by atoms with Crippen LogP contribution in [-0.2, 0) is 20.2 Å². The lowest BCUT2D eigenvalue weighted by molar-refractivity contribution is -0.126. The Morgan fingerprint density at radius 3 is 2.66 bits per heavy atom. The van der Waals surface area contributed by atoms with Gasteiger partial charge in [0.2, 0.25) is 5.91 Å². The van der Waals surface area contributed by atoms with Gasteiger partial charge in [-0.25, -0.2) is 8.42 Å². The SMILES string of the molecule is Cc1ccc(S(=O)(=O)N2CCCC(C(=O)NCC(C)(C)c3ccc4c(c3)OCCO4)C2)s1. The van der Waals surface area contributed by atoms with Crippen LogP contribution in [-0.4, -0.2) is 51.5 Å². The molecule has 2 aromatic rings. The van der Waals surface area contributed by atoms with Crippen molar-refractivity contribution in [3.8, 4) is 11.5 Å². The normalized spacial score (nSPS) is 19.5. The molecule has 3 heterocycles. The summed E-state index contributed by atoms with van der Waals surface area (Å²) in [5.41, 5.74) is 0.725. The minimum atomic E-state index is -3.56. The first-order valence-electron chi connectivity index (χ1n) is 10.9. The largest absolute Gasteiger partial charge is 0.486 e. The molecule has 0 aliphatic carbocycles. The molecule has 0 bridgehead atoms. The standard InChI is InChI=1S/C23H30N2O5S2/c1-16-6-9-21(31-16)32(27,28)25-10-4-5-17(14-25)22(26)24-15-23(2,3)18-7-8-19-20(13-18)30-12-11-29-19/h6-9,13,17H,4-5,10-12,14-15H2,1-3H3,(H,24,26). The number of carbonyl (C=O) groups excluding carboxylic acids is 1. The number of benzene rings is 1. The molecule has 1 fully saturated rings. The third-order valence-electron chi connectivity index (χ3n) is 6.09. The van der Waals surface area contributed by atoms with Gasteiger partial charge in [-0.2, -0.15) is 4.31 Å². The summed E-state index contributed by atoms with van der Waals surface area (Å²) >= 11 is 1.27. The van der Waals surface area contributed by atoms with Crippen LogP contribution in [0.3, 0.4) is 0 Å². The summed E-state index contributed by atoms with van der Waals surface area (Å²) in [5.74, 6) is 1.02. The molecule has 1 amide bonds. The zero-order valence-electron chi connectivity index (χ0n) is 18.7. The van der Waals surface area contributed by atoms with E-state index in [-0.39, 0.29) is 23.8 Å². The van der Waals surface area contributed by atoms with E-state index in [2.05, 4.69) is 19.2 Å². The fourth-order valence-electron chi connectivity index (χ4n) is 4.07. The first kappa shape index (κ1) is 23.1. The number of nitrogens with one attached hydrogen (secondary N) is 1. The maximum atomic E-state index is 13.0. The smallest absolute Gasteiger partial charge is 0.252 e. The van der Waals surface area contributed by atoms with Crippen LogP contribution in [0.4, 0.5) is 0 Å². The number of hydrogen-bond donors (Lipinski definition) is 1.